The minimum atomic E-state index is -0.378. The van der Waals surface area contributed by atoms with Gasteiger partial charge in [0.2, 0.25) is 0 Å². The molecule has 13 heavy (non-hydrogen) atoms. The van der Waals surface area contributed by atoms with E-state index in [0.29, 0.717) is 19.8 Å². The lowest BCUT2D eigenvalue weighted by molar-refractivity contribution is 0.0285. The highest BCUT2D eigenvalue weighted by Gasteiger charge is 2.13. The second kappa shape index (κ2) is 5.77. The van der Waals surface area contributed by atoms with Crippen LogP contribution in [0.2, 0.25) is 0 Å². The molecule has 1 amide bonds. The number of hydrogen-bond donors (Lipinski definition) is 2. The van der Waals surface area contributed by atoms with Crippen molar-refractivity contribution in [1.29, 1.82) is 0 Å². The SMILES string of the molecule is CCOC(=O)NCC1CNCCO1. The molecule has 5 heteroatoms. The van der Waals surface area contributed by atoms with Crippen LogP contribution in [0.1, 0.15) is 6.92 Å². The second-order valence-electron chi connectivity index (χ2n) is 2.80. The number of carbonyl (C=O) groups excluding carboxylic acids is 1. The van der Waals surface area contributed by atoms with E-state index in [0.717, 1.165) is 13.1 Å². The maximum atomic E-state index is 10.9. The van der Waals surface area contributed by atoms with Crippen molar-refractivity contribution in [3.05, 3.63) is 0 Å². The van der Waals surface area contributed by atoms with Crippen LogP contribution in [-0.2, 0) is 9.47 Å². The van der Waals surface area contributed by atoms with Gasteiger partial charge in [-0.25, -0.2) is 4.79 Å². The molecule has 0 aromatic carbocycles. The zero-order chi connectivity index (χ0) is 9.52. The highest BCUT2D eigenvalue weighted by molar-refractivity contribution is 5.67. The monoisotopic (exact) mass is 188 g/mol. The molecule has 0 radical (unpaired) electrons. The van der Waals surface area contributed by atoms with E-state index in [2.05, 4.69) is 10.6 Å². The van der Waals surface area contributed by atoms with Crippen molar-refractivity contribution in [2.75, 3.05) is 32.8 Å². The summed E-state index contributed by atoms with van der Waals surface area (Å²) in [6, 6.07) is 0. The first-order valence-electron chi connectivity index (χ1n) is 4.56. The number of alkyl carbamates (subject to hydrolysis) is 1. The van der Waals surface area contributed by atoms with Gasteiger partial charge in [0, 0.05) is 19.6 Å². The Morgan fingerprint density at radius 3 is 3.23 bits per heavy atom. The largest absolute Gasteiger partial charge is 0.450 e. The predicted molar refractivity (Wildman–Crippen MR) is 47.6 cm³/mol. The van der Waals surface area contributed by atoms with Gasteiger partial charge in [0.15, 0.2) is 0 Å². The van der Waals surface area contributed by atoms with Gasteiger partial charge in [0.1, 0.15) is 0 Å². The van der Waals surface area contributed by atoms with Crippen LogP contribution in [0.15, 0.2) is 0 Å². The van der Waals surface area contributed by atoms with Gasteiger partial charge in [-0.3, -0.25) is 0 Å². The molecule has 1 fully saturated rings. The summed E-state index contributed by atoms with van der Waals surface area (Å²) in [4.78, 5) is 10.9. The number of nitrogens with one attached hydrogen (secondary N) is 2. The Labute approximate surface area is 77.8 Å². The number of ether oxygens (including phenoxy) is 2. The molecule has 1 aliphatic heterocycles. The van der Waals surface area contributed by atoms with E-state index in [-0.39, 0.29) is 12.2 Å². The molecule has 5 nitrogen and oxygen atoms in total. The van der Waals surface area contributed by atoms with Crippen molar-refractivity contribution in [1.82, 2.24) is 10.6 Å². The molecular weight excluding hydrogens is 172 g/mol. The summed E-state index contributed by atoms with van der Waals surface area (Å²) in [6.07, 6.45) is -0.310. The van der Waals surface area contributed by atoms with Crippen molar-refractivity contribution in [3.8, 4) is 0 Å². The van der Waals surface area contributed by atoms with E-state index in [1.807, 2.05) is 0 Å². The average molecular weight is 188 g/mol. The molecule has 1 heterocycles. The Hall–Kier alpha value is -0.810. The fourth-order valence-corrected chi connectivity index (χ4v) is 1.13. The summed E-state index contributed by atoms with van der Waals surface area (Å²) in [6.45, 7) is 5.05. The first-order chi connectivity index (χ1) is 6.33. The van der Waals surface area contributed by atoms with Crippen LogP contribution in [0.5, 0.6) is 0 Å². The molecule has 1 saturated heterocycles. The fraction of sp³-hybridized carbons (Fsp3) is 0.875. The molecule has 1 rings (SSSR count). The lowest BCUT2D eigenvalue weighted by Gasteiger charge is -2.23. The van der Waals surface area contributed by atoms with Crippen LogP contribution < -0.4 is 10.6 Å². The number of hydrogen-bond acceptors (Lipinski definition) is 4. The third-order valence-electron chi connectivity index (χ3n) is 1.75. The standard InChI is InChI=1S/C8H16N2O3/c1-2-12-8(11)10-6-7-5-9-3-4-13-7/h7,9H,2-6H2,1H3,(H,10,11). The lowest BCUT2D eigenvalue weighted by atomic mass is 10.3. The van der Waals surface area contributed by atoms with Gasteiger partial charge in [-0.15, -0.1) is 0 Å². The van der Waals surface area contributed by atoms with E-state index >= 15 is 0 Å². The summed E-state index contributed by atoms with van der Waals surface area (Å²) >= 11 is 0. The molecule has 0 bridgehead atoms. The van der Waals surface area contributed by atoms with Crippen LogP contribution in [0.3, 0.4) is 0 Å². The van der Waals surface area contributed by atoms with Crippen LogP contribution >= 0.6 is 0 Å². The Morgan fingerprint density at radius 2 is 2.62 bits per heavy atom. The van der Waals surface area contributed by atoms with Gasteiger partial charge in [-0.1, -0.05) is 0 Å². The zero-order valence-corrected chi connectivity index (χ0v) is 7.84. The van der Waals surface area contributed by atoms with E-state index in [9.17, 15) is 4.79 Å². The molecule has 0 aliphatic carbocycles. The van der Waals surface area contributed by atoms with Crippen molar-refractivity contribution in [2.24, 2.45) is 0 Å². The van der Waals surface area contributed by atoms with Crippen LogP contribution in [0, 0.1) is 0 Å². The second-order valence-corrected chi connectivity index (χ2v) is 2.80. The first kappa shape index (κ1) is 10.3. The van der Waals surface area contributed by atoms with Gasteiger partial charge in [0.25, 0.3) is 0 Å². The average Bonchev–Trinajstić information content (AvgIpc) is 2.17. The Bertz CT molecular complexity index is 157. The number of rotatable bonds is 3. The molecule has 76 valence electrons. The normalized spacial score (nSPS) is 22.4. The maximum absolute atomic E-state index is 10.9. The molecule has 1 unspecified atom stereocenters. The quantitative estimate of drug-likeness (QED) is 0.639. The molecule has 2 N–H and O–H groups in total. The first-order valence-corrected chi connectivity index (χ1v) is 4.56. The van der Waals surface area contributed by atoms with Gasteiger partial charge >= 0.3 is 6.09 Å². The topological polar surface area (TPSA) is 59.6 Å². The molecule has 1 aliphatic rings. The van der Waals surface area contributed by atoms with Gasteiger partial charge in [-0.05, 0) is 6.92 Å². The van der Waals surface area contributed by atoms with Crippen molar-refractivity contribution < 1.29 is 14.3 Å². The zero-order valence-electron chi connectivity index (χ0n) is 7.84. The van der Waals surface area contributed by atoms with Gasteiger partial charge < -0.3 is 20.1 Å². The van der Waals surface area contributed by atoms with Crippen molar-refractivity contribution in [3.63, 3.8) is 0 Å². The van der Waals surface area contributed by atoms with Gasteiger partial charge in [-0.2, -0.15) is 0 Å². The Morgan fingerprint density at radius 1 is 1.77 bits per heavy atom. The van der Waals surface area contributed by atoms with Crippen LogP contribution in [-0.4, -0.2) is 45.0 Å². The van der Waals surface area contributed by atoms with E-state index in [1.165, 1.54) is 0 Å². The lowest BCUT2D eigenvalue weighted by Crippen LogP contribution is -2.45. The van der Waals surface area contributed by atoms with Crippen LogP contribution in [0.4, 0.5) is 4.79 Å². The third-order valence-corrected chi connectivity index (χ3v) is 1.75. The van der Waals surface area contributed by atoms with E-state index in [4.69, 9.17) is 9.47 Å². The summed E-state index contributed by atoms with van der Waals surface area (Å²) < 4.78 is 10.1. The minimum absolute atomic E-state index is 0.0677. The van der Waals surface area contributed by atoms with Crippen LogP contribution in [0.25, 0.3) is 0 Å². The Kier molecular flexibility index (Phi) is 4.56. The molecule has 0 saturated carbocycles. The van der Waals surface area contributed by atoms with E-state index in [1.54, 1.807) is 6.92 Å². The Balaban J connectivity index is 2.06. The number of carbonyl (C=O) groups is 1. The highest BCUT2D eigenvalue weighted by Crippen LogP contribution is 1.93. The molecular formula is C8H16N2O3. The van der Waals surface area contributed by atoms with Crippen molar-refractivity contribution >= 4 is 6.09 Å². The number of amides is 1. The summed E-state index contributed by atoms with van der Waals surface area (Å²) in [5.41, 5.74) is 0. The highest BCUT2D eigenvalue weighted by atomic mass is 16.5. The van der Waals surface area contributed by atoms with E-state index < -0.39 is 0 Å². The fourth-order valence-electron chi connectivity index (χ4n) is 1.13. The predicted octanol–water partition coefficient (Wildman–Crippen LogP) is -0.279. The van der Waals surface area contributed by atoms with Crippen molar-refractivity contribution in [2.45, 2.75) is 13.0 Å². The minimum Gasteiger partial charge on any atom is -0.450 e. The molecule has 0 aromatic rings. The summed E-state index contributed by atoms with van der Waals surface area (Å²) in [5.74, 6) is 0. The third kappa shape index (κ3) is 4.10. The molecule has 0 spiro atoms. The molecule has 1 atom stereocenters. The molecule has 0 aromatic heterocycles. The summed E-state index contributed by atoms with van der Waals surface area (Å²) in [7, 11) is 0. The smallest absolute Gasteiger partial charge is 0.407 e. The maximum Gasteiger partial charge on any atom is 0.407 e. The summed E-state index contributed by atoms with van der Waals surface area (Å²) in [5, 5.41) is 5.80. The van der Waals surface area contributed by atoms with Gasteiger partial charge in [0.05, 0.1) is 19.3 Å². The number of morpholine rings is 1.